The topological polar surface area (TPSA) is 56.2 Å². The van der Waals surface area contributed by atoms with Crippen LogP contribution in [-0.4, -0.2) is 68.0 Å². The summed E-state index contributed by atoms with van der Waals surface area (Å²) in [5, 5.41) is 5.21. The van der Waals surface area contributed by atoms with Crippen molar-refractivity contribution in [2.45, 2.75) is 12.8 Å². The van der Waals surface area contributed by atoms with E-state index in [1.807, 2.05) is 68.4 Å². The van der Waals surface area contributed by atoms with Crippen LogP contribution in [0.1, 0.15) is 24.0 Å². The van der Waals surface area contributed by atoms with Crippen LogP contribution in [0.4, 0.5) is 0 Å². The number of hydrazone groups is 1. The molecule has 156 valence electrons. The zero-order valence-corrected chi connectivity index (χ0v) is 18.6. The highest BCUT2D eigenvalue weighted by atomic mass is 35.5. The number of rotatable bonds is 8. The monoisotopic (exact) mass is 434 g/mol. The molecule has 1 unspecified atom stereocenters. The summed E-state index contributed by atoms with van der Waals surface area (Å²) in [7, 11) is 0.148. The van der Waals surface area contributed by atoms with Gasteiger partial charge in [-0.2, -0.15) is 22.2 Å². The van der Waals surface area contributed by atoms with E-state index >= 15 is 0 Å². The minimum atomic E-state index is -3.71. The lowest BCUT2D eigenvalue weighted by Gasteiger charge is -2.26. The summed E-state index contributed by atoms with van der Waals surface area (Å²) in [6, 6.07) is 17.3. The van der Waals surface area contributed by atoms with Crippen LogP contribution in [0.25, 0.3) is 0 Å². The summed E-state index contributed by atoms with van der Waals surface area (Å²) in [5.74, 6) is -0.139. The van der Waals surface area contributed by atoms with Gasteiger partial charge in [0.25, 0.3) is 0 Å². The van der Waals surface area contributed by atoms with Gasteiger partial charge in [0.15, 0.2) is 0 Å². The SMILES string of the molecule is CCN(CCN(C)C)S(=O)(=O)N1CC(c2ccccc2)C(c2ccc(Cl)cc2)=N1. The maximum Gasteiger partial charge on any atom is 0.319 e. The Morgan fingerprint density at radius 2 is 1.72 bits per heavy atom. The largest absolute Gasteiger partial charge is 0.319 e. The van der Waals surface area contributed by atoms with E-state index in [1.165, 1.54) is 8.72 Å². The van der Waals surface area contributed by atoms with Crippen LogP contribution in [-0.2, 0) is 10.2 Å². The summed E-state index contributed by atoms with van der Waals surface area (Å²) in [5.41, 5.74) is 2.65. The maximum atomic E-state index is 13.3. The third-order valence-electron chi connectivity index (χ3n) is 4.97. The lowest BCUT2D eigenvalue weighted by atomic mass is 9.91. The summed E-state index contributed by atoms with van der Waals surface area (Å²) in [6.45, 7) is 3.60. The average molecular weight is 435 g/mol. The van der Waals surface area contributed by atoms with E-state index in [0.717, 1.165) is 16.8 Å². The molecule has 0 spiro atoms. The second-order valence-corrected chi connectivity index (χ2v) is 9.53. The van der Waals surface area contributed by atoms with Gasteiger partial charge in [-0.25, -0.2) is 0 Å². The van der Waals surface area contributed by atoms with Crippen LogP contribution < -0.4 is 0 Å². The van der Waals surface area contributed by atoms with Gasteiger partial charge in [0.05, 0.1) is 12.3 Å². The van der Waals surface area contributed by atoms with Crippen molar-refractivity contribution in [2.75, 3.05) is 40.3 Å². The van der Waals surface area contributed by atoms with E-state index in [-0.39, 0.29) is 12.5 Å². The zero-order chi connectivity index (χ0) is 21.0. The fraction of sp³-hybridized carbons (Fsp3) is 0.381. The molecule has 0 saturated carbocycles. The Balaban J connectivity index is 1.96. The van der Waals surface area contributed by atoms with E-state index in [9.17, 15) is 8.42 Å². The Labute approximate surface area is 178 Å². The van der Waals surface area contributed by atoms with E-state index in [4.69, 9.17) is 11.6 Å². The van der Waals surface area contributed by atoms with Crippen LogP contribution in [0.5, 0.6) is 0 Å². The fourth-order valence-corrected chi connectivity index (χ4v) is 4.89. The molecule has 1 atom stereocenters. The first-order valence-corrected chi connectivity index (χ1v) is 11.4. The first kappa shape index (κ1) is 21.8. The predicted octanol–water partition coefficient (Wildman–Crippen LogP) is 3.27. The minimum absolute atomic E-state index is 0.139. The van der Waals surface area contributed by atoms with Crippen LogP contribution in [0.3, 0.4) is 0 Å². The average Bonchev–Trinajstić information content (AvgIpc) is 3.15. The molecule has 0 fully saturated rings. The smallest absolute Gasteiger partial charge is 0.308 e. The Hall–Kier alpha value is -1.93. The Morgan fingerprint density at radius 3 is 2.31 bits per heavy atom. The summed E-state index contributed by atoms with van der Waals surface area (Å²) >= 11 is 6.04. The van der Waals surface area contributed by atoms with E-state index < -0.39 is 10.2 Å². The molecule has 0 saturated heterocycles. The second-order valence-electron chi connectivity index (χ2n) is 7.26. The molecule has 2 aromatic carbocycles. The van der Waals surface area contributed by atoms with Gasteiger partial charge >= 0.3 is 10.2 Å². The van der Waals surface area contributed by atoms with Crippen LogP contribution in [0, 0.1) is 0 Å². The highest BCUT2D eigenvalue weighted by Gasteiger charge is 2.37. The molecule has 1 aliphatic heterocycles. The molecule has 0 N–H and O–H groups in total. The maximum absolute atomic E-state index is 13.3. The Morgan fingerprint density at radius 1 is 1.07 bits per heavy atom. The van der Waals surface area contributed by atoms with Gasteiger partial charge in [0.2, 0.25) is 0 Å². The van der Waals surface area contributed by atoms with Crippen molar-refractivity contribution in [2.24, 2.45) is 5.10 Å². The summed E-state index contributed by atoms with van der Waals surface area (Å²) in [6.07, 6.45) is 0. The highest BCUT2D eigenvalue weighted by molar-refractivity contribution is 7.86. The van der Waals surface area contributed by atoms with E-state index in [0.29, 0.717) is 24.7 Å². The second kappa shape index (κ2) is 9.26. The number of benzene rings is 2. The molecule has 8 heteroatoms. The molecular formula is C21H27ClN4O2S. The highest BCUT2D eigenvalue weighted by Crippen LogP contribution is 2.31. The van der Waals surface area contributed by atoms with Gasteiger partial charge in [-0.3, -0.25) is 0 Å². The van der Waals surface area contributed by atoms with Crippen LogP contribution in [0.2, 0.25) is 5.02 Å². The van der Waals surface area contributed by atoms with Crippen molar-refractivity contribution in [3.05, 3.63) is 70.7 Å². The van der Waals surface area contributed by atoms with Crippen molar-refractivity contribution in [3.8, 4) is 0 Å². The van der Waals surface area contributed by atoms with Gasteiger partial charge in [0, 0.05) is 30.6 Å². The quantitative estimate of drug-likeness (QED) is 0.640. The number of hydrogen-bond donors (Lipinski definition) is 0. The van der Waals surface area contributed by atoms with Gasteiger partial charge < -0.3 is 4.90 Å². The number of likely N-dealkylation sites (N-methyl/N-ethyl adjacent to an activating group) is 2. The Bertz CT molecular complexity index is 946. The van der Waals surface area contributed by atoms with Crippen molar-refractivity contribution in [1.29, 1.82) is 0 Å². The van der Waals surface area contributed by atoms with Crippen molar-refractivity contribution in [1.82, 2.24) is 13.6 Å². The van der Waals surface area contributed by atoms with Crippen LogP contribution >= 0.6 is 11.6 Å². The molecule has 6 nitrogen and oxygen atoms in total. The molecule has 0 amide bonds. The number of nitrogens with zero attached hydrogens (tertiary/aromatic N) is 4. The van der Waals surface area contributed by atoms with Crippen molar-refractivity contribution < 1.29 is 8.42 Å². The first-order chi connectivity index (χ1) is 13.8. The summed E-state index contributed by atoms with van der Waals surface area (Å²) in [4.78, 5) is 1.97. The van der Waals surface area contributed by atoms with Crippen LogP contribution in [0.15, 0.2) is 59.7 Å². The molecule has 2 aromatic rings. The summed E-state index contributed by atoms with van der Waals surface area (Å²) < 4.78 is 29.3. The third kappa shape index (κ3) is 4.98. The molecule has 0 aliphatic carbocycles. The van der Waals surface area contributed by atoms with E-state index in [2.05, 4.69) is 5.10 Å². The zero-order valence-electron chi connectivity index (χ0n) is 17.0. The fourth-order valence-electron chi connectivity index (χ4n) is 3.33. The standard InChI is InChI=1S/C21H27ClN4O2S/c1-4-25(15-14-24(2)3)29(27,28)26-16-20(17-8-6-5-7-9-17)21(23-26)18-10-12-19(22)13-11-18/h5-13,20H,4,14-16H2,1-3H3. The van der Waals surface area contributed by atoms with Crippen molar-refractivity contribution >= 4 is 27.5 Å². The lowest BCUT2D eigenvalue weighted by molar-refractivity contribution is 0.316. The number of hydrogen-bond acceptors (Lipinski definition) is 4. The molecule has 1 aliphatic rings. The molecule has 0 radical (unpaired) electrons. The minimum Gasteiger partial charge on any atom is -0.308 e. The first-order valence-electron chi connectivity index (χ1n) is 9.65. The van der Waals surface area contributed by atoms with Gasteiger partial charge in [-0.15, -0.1) is 0 Å². The normalized spacial score (nSPS) is 17.2. The van der Waals surface area contributed by atoms with Gasteiger partial charge in [0.1, 0.15) is 0 Å². The molecule has 1 heterocycles. The molecule has 3 rings (SSSR count). The van der Waals surface area contributed by atoms with Gasteiger partial charge in [-0.1, -0.05) is 61.0 Å². The molecular weight excluding hydrogens is 408 g/mol. The predicted molar refractivity (Wildman–Crippen MR) is 119 cm³/mol. The molecule has 0 aromatic heterocycles. The number of halogens is 1. The van der Waals surface area contributed by atoms with E-state index in [1.54, 1.807) is 12.1 Å². The molecule has 29 heavy (non-hydrogen) atoms. The molecule has 0 bridgehead atoms. The van der Waals surface area contributed by atoms with Crippen molar-refractivity contribution in [3.63, 3.8) is 0 Å². The Kier molecular flexibility index (Phi) is 6.95. The lowest BCUT2D eigenvalue weighted by Crippen LogP contribution is -2.43. The van der Waals surface area contributed by atoms with Gasteiger partial charge in [-0.05, 0) is 37.4 Å². The third-order valence-corrected chi connectivity index (χ3v) is 7.08.